The average Bonchev–Trinajstić information content (AvgIpc) is 2.86. The molecule has 0 saturated carbocycles. The Morgan fingerprint density at radius 1 is 1.36 bits per heavy atom. The molecule has 1 aromatic carbocycles. The zero-order chi connectivity index (χ0) is 15.7. The number of methoxy groups -OCH3 is 1. The first-order valence-electron chi connectivity index (χ1n) is 6.48. The summed E-state index contributed by atoms with van der Waals surface area (Å²) in [6.45, 7) is 0.760. The Labute approximate surface area is 124 Å². The number of aromatic carboxylic acids is 1. The van der Waals surface area contributed by atoms with Gasteiger partial charge in [0.05, 0.1) is 25.9 Å². The number of carboxylic acids is 1. The second-order valence-electron chi connectivity index (χ2n) is 4.53. The van der Waals surface area contributed by atoms with E-state index < -0.39 is 11.8 Å². The van der Waals surface area contributed by atoms with Gasteiger partial charge in [-0.25, -0.2) is 9.18 Å². The van der Waals surface area contributed by atoms with E-state index in [1.807, 2.05) is 0 Å². The highest BCUT2D eigenvalue weighted by atomic mass is 19.1. The van der Waals surface area contributed by atoms with Crippen molar-refractivity contribution in [1.29, 1.82) is 0 Å². The zero-order valence-corrected chi connectivity index (χ0v) is 11.6. The van der Waals surface area contributed by atoms with Crippen LogP contribution >= 0.6 is 0 Å². The van der Waals surface area contributed by atoms with Crippen LogP contribution in [0.5, 0.6) is 17.2 Å². The molecule has 0 bridgehead atoms. The van der Waals surface area contributed by atoms with Gasteiger partial charge in [-0.15, -0.1) is 0 Å². The van der Waals surface area contributed by atoms with Gasteiger partial charge in [0.15, 0.2) is 23.1 Å². The van der Waals surface area contributed by atoms with Crippen molar-refractivity contribution in [1.82, 2.24) is 5.16 Å². The number of benzene rings is 1. The Kier molecular flexibility index (Phi) is 3.58. The van der Waals surface area contributed by atoms with Crippen LogP contribution in [0.15, 0.2) is 16.7 Å². The fourth-order valence-electron chi connectivity index (χ4n) is 2.18. The van der Waals surface area contributed by atoms with E-state index in [4.69, 9.17) is 23.8 Å². The van der Waals surface area contributed by atoms with Crippen molar-refractivity contribution in [2.75, 3.05) is 20.3 Å². The van der Waals surface area contributed by atoms with Crippen LogP contribution in [0, 0.1) is 5.82 Å². The standard InChI is InChI=1S/C14H12FNO6/c1-19-12-7(15)5-9-13(21-4-2-3-20-9)11(12)8-6-10(14(17)18)22-16-8/h5-6H,2-4H2,1H3,(H,17,18). The van der Waals surface area contributed by atoms with Gasteiger partial charge in [0.2, 0.25) is 5.76 Å². The quantitative estimate of drug-likeness (QED) is 0.930. The number of ether oxygens (including phenoxy) is 3. The number of halogens is 1. The first kappa shape index (κ1) is 14.2. The number of nitrogens with zero attached hydrogens (tertiary/aromatic N) is 1. The Bertz CT molecular complexity index is 726. The molecule has 3 rings (SSSR count). The third kappa shape index (κ3) is 2.32. The third-order valence-electron chi connectivity index (χ3n) is 3.13. The van der Waals surface area contributed by atoms with Crippen molar-refractivity contribution in [3.63, 3.8) is 0 Å². The largest absolute Gasteiger partial charge is 0.493 e. The van der Waals surface area contributed by atoms with Gasteiger partial charge in [0.1, 0.15) is 5.69 Å². The molecule has 116 valence electrons. The molecule has 0 spiro atoms. The Balaban J connectivity index is 2.22. The molecule has 0 radical (unpaired) electrons. The minimum absolute atomic E-state index is 0.0931. The highest BCUT2D eigenvalue weighted by molar-refractivity contribution is 5.87. The van der Waals surface area contributed by atoms with Crippen molar-refractivity contribution < 1.29 is 33.0 Å². The number of aromatic nitrogens is 1. The van der Waals surface area contributed by atoms with E-state index in [0.29, 0.717) is 19.6 Å². The fraction of sp³-hybridized carbons (Fsp3) is 0.286. The van der Waals surface area contributed by atoms with Crippen molar-refractivity contribution >= 4 is 5.97 Å². The van der Waals surface area contributed by atoms with E-state index in [1.54, 1.807) is 0 Å². The third-order valence-corrected chi connectivity index (χ3v) is 3.13. The Morgan fingerprint density at radius 2 is 2.14 bits per heavy atom. The predicted molar refractivity (Wildman–Crippen MR) is 71.0 cm³/mol. The monoisotopic (exact) mass is 309 g/mol. The summed E-state index contributed by atoms with van der Waals surface area (Å²) in [4.78, 5) is 10.9. The molecular formula is C14H12FNO6. The molecule has 2 aromatic rings. The van der Waals surface area contributed by atoms with E-state index >= 15 is 0 Å². The molecule has 0 amide bonds. The van der Waals surface area contributed by atoms with Crippen LogP contribution in [0.2, 0.25) is 0 Å². The molecule has 0 aliphatic carbocycles. The topological polar surface area (TPSA) is 91.0 Å². The van der Waals surface area contributed by atoms with E-state index in [1.165, 1.54) is 19.2 Å². The molecule has 1 aliphatic heterocycles. The van der Waals surface area contributed by atoms with Crippen LogP contribution in [-0.2, 0) is 0 Å². The molecule has 7 nitrogen and oxygen atoms in total. The van der Waals surface area contributed by atoms with Gasteiger partial charge in [-0.1, -0.05) is 5.16 Å². The second-order valence-corrected chi connectivity index (χ2v) is 4.53. The maximum absolute atomic E-state index is 14.2. The zero-order valence-electron chi connectivity index (χ0n) is 11.6. The van der Waals surface area contributed by atoms with Crippen LogP contribution in [0.1, 0.15) is 17.0 Å². The van der Waals surface area contributed by atoms with Gasteiger partial charge in [0, 0.05) is 18.6 Å². The van der Waals surface area contributed by atoms with Crippen LogP contribution < -0.4 is 14.2 Å². The Morgan fingerprint density at radius 3 is 2.82 bits per heavy atom. The molecule has 0 fully saturated rings. The van der Waals surface area contributed by atoms with E-state index in [0.717, 1.165) is 0 Å². The molecule has 1 N–H and O–H groups in total. The SMILES string of the molecule is COc1c(F)cc2c(c1-c1cc(C(=O)O)on1)OCCCO2. The number of carboxylic acid groups (broad SMARTS) is 1. The lowest BCUT2D eigenvalue weighted by molar-refractivity contribution is 0.0652. The molecule has 1 aliphatic rings. The summed E-state index contributed by atoms with van der Waals surface area (Å²) in [6.07, 6.45) is 0.636. The summed E-state index contributed by atoms with van der Waals surface area (Å²) < 4.78 is 35.0. The van der Waals surface area contributed by atoms with E-state index in [9.17, 15) is 9.18 Å². The molecule has 2 heterocycles. The summed E-state index contributed by atoms with van der Waals surface area (Å²) in [5.74, 6) is -1.97. The van der Waals surface area contributed by atoms with Crippen molar-refractivity contribution in [3.8, 4) is 28.5 Å². The molecule has 0 unspecified atom stereocenters. The summed E-state index contributed by atoms with van der Waals surface area (Å²) in [6, 6.07) is 2.34. The molecule has 0 atom stereocenters. The van der Waals surface area contributed by atoms with Crippen LogP contribution in [0.25, 0.3) is 11.3 Å². The maximum atomic E-state index is 14.2. The van der Waals surface area contributed by atoms with Crippen LogP contribution in [0.4, 0.5) is 4.39 Å². The van der Waals surface area contributed by atoms with Gasteiger partial charge in [-0.2, -0.15) is 0 Å². The first-order chi connectivity index (χ1) is 10.6. The summed E-state index contributed by atoms with van der Waals surface area (Å²) >= 11 is 0. The first-order valence-corrected chi connectivity index (χ1v) is 6.48. The molecule has 8 heteroatoms. The van der Waals surface area contributed by atoms with Crippen LogP contribution in [0.3, 0.4) is 0 Å². The Hall–Kier alpha value is -2.77. The van der Waals surface area contributed by atoms with Gasteiger partial charge in [-0.05, 0) is 0 Å². The minimum atomic E-state index is -1.28. The highest BCUT2D eigenvalue weighted by Gasteiger charge is 2.27. The number of hydrogen-bond donors (Lipinski definition) is 1. The fourth-order valence-corrected chi connectivity index (χ4v) is 2.18. The molecular weight excluding hydrogens is 297 g/mol. The van der Waals surface area contributed by atoms with Crippen LogP contribution in [-0.4, -0.2) is 36.6 Å². The second kappa shape index (κ2) is 5.55. The molecule has 1 aromatic heterocycles. The van der Waals surface area contributed by atoms with Crippen molar-refractivity contribution in [3.05, 3.63) is 23.7 Å². The molecule has 22 heavy (non-hydrogen) atoms. The normalized spacial score (nSPS) is 13.5. The van der Waals surface area contributed by atoms with Crippen molar-refractivity contribution in [2.45, 2.75) is 6.42 Å². The number of hydrogen-bond acceptors (Lipinski definition) is 6. The number of rotatable bonds is 3. The minimum Gasteiger partial charge on any atom is -0.493 e. The van der Waals surface area contributed by atoms with E-state index in [-0.39, 0.29) is 34.3 Å². The summed E-state index contributed by atoms with van der Waals surface area (Å²) in [7, 11) is 1.30. The lowest BCUT2D eigenvalue weighted by Gasteiger charge is -2.15. The number of carbonyl (C=O) groups is 1. The lowest BCUT2D eigenvalue weighted by Crippen LogP contribution is -2.00. The van der Waals surface area contributed by atoms with Crippen molar-refractivity contribution in [2.24, 2.45) is 0 Å². The van der Waals surface area contributed by atoms with Gasteiger partial charge in [0.25, 0.3) is 0 Å². The van der Waals surface area contributed by atoms with E-state index in [2.05, 4.69) is 5.16 Å². The molecule has 0 saturated heterocycles. The predicted octanol–water partition coefficient (Wildman–Crippen LogP) is 2.35. The maximum Gasteiger partial charge on any atom is 0.374 e. The van der Waals surface area contributed by atoms with Gasteiger partial charge >= 0.3 is 5.97 Å². The van der Waals surface area contributed by atoms with Gasteiger partial charge < -0.3 is 23.8 Å². The average molecular weight is 309 g/mol. The summed E-state index contributed by atoms with van der Waals surface area (Å²) in [5.41, 5.74) is 0.256. The highest BCUT2D eigenvalue weighted by Crippen LogP contribution is 2.46. The summed E-state index contributed by atoms with van der Waals surface area (Å²) in [5, 5.41) is 12.6. The smallest absolute Gasteiger partial charge is 0.374 e. The lowest BCUT2D eigenvalue weighted by atomic mass is 10.1. The van der Waals surface area contributed by atoms with Gasteiger partial charge in [-0.3, -0.25) is 0 Å². The number of fused-ring (bicyclic) bond motifs is 1.